The highest BCUT2D eigenvalue weighted by Crippen LogP contribution is 2.55. The molecule has 6 heterocycles. The highest BCUT2D eigenvalue weighted by Gasteiger charge is 2.72. The zero-order chi connectivity index (χ0) is 44.0. The van der Waals surface area contributed by atoms with E-state index in [9.17, 15) is 29.4 Å². The van der Waals surface area contributed by atoms with E-state index in [1.54, 1.807) is 27.7 Å². The minimum absolute atomic E-state index is 0.0710. The van der Waals surface area contributed by atoms with Gasteiger partial charge in [-0.05, 0) is 90.9 Å². The Kier molecular flexibility index (Phi) is 16.1. The van der Waals surface area contributed by atoms with Crippen molar-refractivity contribution in [3.63, 3.8) is 0 Å². The summed E-state index contributed by atoms with van der Waals surface area (Å²) in [6.07, 6.45) is 13.6. The zero-order valence-corrected chi connectivity index (χ0v) is 36.8. The van der Waals surface area contributed by atoms with Crippen LogP contribution in [0.4, 0.5) is 0 Å². The first-order valence-corrected chi connectivity index (χ1v) is 22.8. The Hall–Kier alpha value is -3.02. The van der Waals surface area contributed by atoms with E-state index in [1.165, 1.54) is 0 Å². The topological polar surface area (TPSA) is 183 Å². The summed E-state index contributed by atoms with van der Waals surface area (Å²) in [5, 5.41) is 21.7. The lowest BCUT2D eigenvalue weighted by atomic mass is 9.82. The third kappa shape index (κ3) is 11.0. The van der Waals surface area contributed by atoms with Gasteiger partial charge < -0.3 is 47.8 Å². The second-order valence-corrected chi connectivity index (χ2v) is 18.3. The number of carbonyl (C=O) groups is 4. The molecule has 15 atom stereocenters. The smallest absolute Gasteiger partial charge is 0.504 e. The molecule has 6 aliphatic heterocycles. The van der Waals surface area contributed by atoms with Gasteiger partial charge in [0.1, 0.15) is 11.6 Å². The van der Waals surface area contributed by atoms with Crippen LogP contribution in [0.5, 0.6) is 0 Å². The second kappa shape index (κ2) is 20.7. The molecule has 0 saturated carbocycles. The lowest BCUT2D eigenvalue weighted by molar-refractivity contribution is -0.294. The van der Waals surface area contributed by atoms with Crippen molar-refractivity contribution in [2.75, 3.05) is 0 Å². The van der Waals surface area contributed by atoms with Gasteiger partial charge in [-0.3, -0.25) is 9.59 Å². The quantitative estimate of drug-likeness (QED) is 0.201. The lowest BCUT2D eigenvalue weighted by Crippen LogP contribution is -2.59. The van der Waals surface area contributed by atoms with Gasteiger partial charge in [0.2, 0.25) is 0 Å². The van der Waals surface area contributed by atoms with Gasteiger partial charge >= 0.3 is 18.9 Å². The SMILES string of the molecule is C[C@@H]1CC/C=C\C=C\CC[C@@H](O)CC(=O)[C@H](C)[C@@H]2CC[C@@H](C)[C@]3(O2)O[B-]24OC(C(=O)O1)[C@@]1(O[C@@H](CC[C@H]1C)[C@H](C)C(=O)C[C@@H](O)CC/C=C/C=C\CC[C@@H](C)OC(=O)C3O2)O4. The van der Waals surface area contributed by atoms with E-state index < -0.39 is 103 Å². The molecule has 6 aliphatic rings. The van der Waals surface area contributed by atoms with Crippen LogP contribution in [0.15, 0.2) is 48.6 Å². The maximum Gasteiger partial charge on any atom is 0.536 e. The van der Waals surface area contributed by atoms with Crippen LogP contribution in [0, 0.1) is 23.7 Å². The van der Waals surface area contributed by atoms with Crippen molar-refractivity contribution < 1.29 is 67.0 Å². The van der Waals surface area contributed by atoms with Crippen LogP contribution in [0.3, 0.4) is 0 Å². The number of ketones is 2. The third-order valence-corrected chi connectivity index (χ3v) is 13.5. The maximum atomic E-state index is 14.5. The number of esters is 2. The van der Waals surface area contributed by atoms with Crippen molar-refractivity contribution in [2.45, 2.75) is 192 Å². The minimum atomic E-state index is -3.51. The Labute approximate surface area is 360 Å². The molecule has 340 valence electrons. The van der Waals surface area contributed by atoms with Crippen molar-refractivity contribution in [2.24, 2.45) is 23.7 Å². The number of cyclic esters (lactones) is 2. The Balaban J connectivity index is 1.43. The van der Waals surface area contributed by atoms with Crippen LogP contribution in [-0.2, 0) is 56.7 Å². The average Bonchev–Trinajstić information content (AvgIpc) is 3.70. The molecule has 0 aromatic rings. The third-order valence-electron chi connectivity index (χ3n) is 13.5. The van der Waals surface area contributed by atoms with Crippen molar-refractivity contribution in [3.05, 3.63) is 48.6 Å². The zero-order valence-electron chi connectivity index (χ0n) is 36.8. The molecule has 4 saturated heterocycles. The first-order chi connectivity index (χ1) is 29.1. The largest absolute Gasteiger partial charge is 0.536 e. The second-order valence-electron chi connectivity index (χ2n) is 18.3. The highest BCUT2D eigenvalue weighted by molar-refractivity contribution is 6.56. The summed E-state index contributed by atoms with van der Waals surface area (Å²) in [4.78, 5) is 56.4. The van der Waals surface area contributed by atoms with Crippen LogP contribution in [-0.4, -0.2) is 101 Å². The minimum Gasteiger partial charge on any atom is -0.504 e. The predicted molar refractivity (Wildman–Crippen MR) is 224 cm³/mol. The summed E-state index contributed by atoms with van der Waals surface area (Å²) in [6.45, 7) is 7.23. The summed E-state index contributed by atoms with van der Waals surface area (Å²) < 4.78 is 52.5. The Bertz CT molecular complexity index is 1560. The van der Waals surface area contributed by atoms with Gasteiger partial charge in [-0.2, -0.15) is 0 Å². The molecule has 0 aliphatic carbocycles. The molecule has 0 aromatic heterocycles. The molecule has 0 amide bonds. The number of fused-ring (bicyclic) bond motifs is 4. The normalized spacial score (nSPS) is 46.2. The number of carbonyl (C=O) groups excluding carboxylic acids is 4. The monoisotopic (exact) mass is 855 g/mol. The van der Waals surface area contributed by atoms with Crippen molar-refractivity contribution in [3.8, 4) is 0 Å². The number of hydrogen-bond donors (Lipinski definition) is 2. The maximum absolute atomic E-state index is 14.5. The van der Waals surface area contributed by atoms with Gasteiger partial charge in [0.05, 0.1) is 36.6 Å². The number of allylic oxidation sites excluding steroid dienone is 8. The molecule has 61 heavy (non-hydrogen) atoms. The number of Topliss-reactive ketones (excluding diaryl/α,β-unsaturated/α-hetero) is 2. The fourth-order valence-corrected chi connectivity index (χ4v) is 9.42. The van der Waals surface area contributed by atoms with E-state index in [0.717, 1.165) is 0 Å². The van der Waals surface area contributed by atoms with E-state index in [-0.39, 0.29) is 24.4 Å². The van der Waals surface area contributed by atoms with Crippen molar-refractivity contribution >= 4 is 30.5 Å². The first-order valence-electron chi connectivity index (χ1n) is 22.8. The number of aliphatic hydroxyl groups is 2. The number of hydrogen-bond acceptors (Lipinski definition) is 14. The van der Waals surface area contributed by atoms with E-state index in [1.807, 2.05) is 62.5 Å². The van der Waals surface area contributed by atoms with Crippen molar-refractivity contribution in [1.29, 1.82) is 0 Å². The summed E-state index contributed by atoms with van der Waals surface area (Å²) in [5.41, 5.74) is 0. The molecule has 0 radical (unpaired) electrons. The Morgan fingerprint density at radius 2 is 0.885 bits per heavy atom. The molecule has 7 bridgehead atoms. The van der Waals surface area contributed by atoms with E-state index in [2.05, 4.69) is 0 Å². The first kappa shape index (κ1) is 47.5. The Morgan fingerprint density at radius 3 is 1.26 bits per heavy atom. The highest BCUT2D eigenvalue weighted by atomic mass is 17.0. The summed E-state index contributed by atoms with van der Waals surface area (Å²) in [5.74, 6) is -8.24. The van der Waals surface area contributed by atoms with Crippen LogP contribution in [0.25, 0.3) is 0 Å². The Morgan fingerprint density at radius 1 is 0.525 bits per heavy atom. The molecular weight excluding hydrogens is 787 g/mol. The predicted octanol–water partition coefficient (Wildman–Crippen LogP) is 6.42. The summed E-state index contributed by atoms with van der Waals surface area (Å²) in [6, 6.07) is 0. The van der Waals surface area contributed by atoms with Crippen LogP contribution in [0.1, 0.15) is 131 Å². The van der Waals surface area contributed by atoms with E-state index in [4.69, 9.17) is 37.6 Å². The molecule has 3 spiro atoms. The standard InChI is InChI=1S/C46H68BO14/c1-29-23-25-39-33(5)37(50)27-35(48)21-17-13-10-8-12-16-20-32(4)55-44(53)42-46-30(2)24-26-40(57-46)34(6)38(51)28-36(49)22-18-14-9-7-11-15-19-31(3)54-43(52)41-45(29,56-39)60-47(58-41,59-42)61-46/h7-14,29-36,39-42,48-49H,15-28H2,1-6H3/q-1/b11-7-,12-8-,13-10+,14-9+/t29-,30-,31-,32-,33-,34+,35+,36-,39+,40+,41?,42?,45+,46+,47?/m1/s1. The van der Waals surface area contributed by atoms with E-state index >= 15 is 0 Å². The van der Waals surface area contributed by atoms with Gasteiger partial charge in [0.15, 0.2) is 23.8 Å². The van der Waals surface area contributed by atoms with Gasteiger partial charge in [0.25, 0.3) is 0 Å². The van der Waals surface area contributed by atoms with Gasteiger partial charge in [-0.1, -0.05) is 76.3 Å². The molecular formula is C46H68BO14-. The molecule has 6 rings (SSSR count). The number of aliphatic hydroxyl groups excluding tert-OH is 2. The van der Waals surface area contributed by atoms with Gasteiger partial charge in [-0.15, -0.1) is 0 Å². The number of ether oxygens (including phenoxy) is 4. The average molecular weight is 856 g/mol. The fraction of sp³-hybridized carbons (Fsp3) is 0.739. The molecule has 3 unspecified atom stereocenters. The summed E-state index contributed by atoms with van der Waals surface area (Å²) >= 11 is 0. The summed E-state index contributed by atoms with van der Waals surface area (Å²) in [7, 11) is 0. The fourth-order valence-electron chi connectivity index (χ4n) is 9.42. The van der Waals surface area contributed by atoms with Gasteiger partial charge in [-0.25, -0.2) is 9.59 Å². The van der Waals surface area contributed by atoms with Gasteiger partial charge in [0, 0.05) is 36.5 Å². The lowest BCUT2D eigenvalue weighted by Gasteiger charge is -2.49. The van der Waals surface area contributed by atoms with Crippen LogP contribution >= 0.6 is 0 Å². The van der Waals surface area contributed by atoms with Crippen LogP contribution < -0.4 is 0 Å². The van der Waals surface area contributed by atoms with Crippen LogP contribution in [0.2, 0.25) is 0 Å². The molecule has 0 aromatic carbocycles. The van der Waals surface area contributed by atoms with Crippen molar-refractivity contribution in [1.82, 2.24) is 0 Å². The molecule has 2 N–H and O–H groups in total. The number of rotatable bonds is 0. The van der Waals surface area contributed by atoms with E-state index in [0.29, 0.717) is 77.0 Å². The molecule has 4 fully saturated rings. The molecule has 15 heteroatoms. The molecule has 14 nitrogen and oxygen atoms in total.